The minimum absolute atomic E-state index is 0.156. The molecule has 0 spiro atoms. The molecule has 0 saturated carbocycles. The van der Waals surface area contributed by atoms with E-state index in [9.17, 15) is 28.8 Å². The Balaban J connectivity index is 2.68. The second-order valence-corrected chi connectivity index (χ2v) is 12.5. The van der Waals surface area contributed by atoms with Gasteiger partial charge in [-0.15, -0.1) is 0 Å². The van der Waals surface area contributed by atoms with Crippen molar-refractivity contribution in [3.05, 3.63) is 11.8 Å². The third-order valence-electron chi connectivity index (χ3n) is 5.49. The van der Waals surface area contributed by atoms with E-state index >= 15 is 0 Å². The Morgan fingerprint density at radius 2 is 1.59 bits per heavy atom. The van der Waals surface area contributed by atoms with Crippen LogP contribution < -0.4 is 21.3 Å². The molecule has 0 bridgehead atoms. The van der Waals surface area contributed by atoms with Crippen LogP contribution in [0.4, 0.5) is 19.2 Å². The number of cyclic esters (lactones) is 2. The Bertz CT molecular complexity index is 1200. The molecule has 19 heteroatoms. The van der Waals surface area contributed by atoms with Gasteiger partial charge in [0.15, 0.2) is 18.3 Å². The van der Waals surface area contributed by atoms with E-state index in [1.165, 1.54) is 6.92 Å². The van der Waals surface area contributed by atoms with E-state index in [2.05, 4.69) is 42.2 Å². The zero-order valence-corrected chi connectivity index (χ0v) is 28.3. The van der Waals surface area contributed by atoms with Crippen LogP contribution in [0.3, 0.4) is 0 Å². The van der Waals surface area contributed by atoms with Gasteiger partial charge in [-0.2, -0.15) is 0 Å². The van der Waals surface area contributed by atoms with Crippen LogP contribution in [0.2, 0.25) is 0 Å². The van der Waals surface area contributed by atoms with Gasteiger partial charge in [-0.05, 0) is 47.6 Å². The Kier molecular flexibility index (Phi) is 13.4. The third-order valence-corrected chi connectivity index (χ3v) is 5.89. The monoisotopic (exact) mass is 721 g/mol. The molecule has 0 aromatic carbocycles. The fourth-order valence-electron chi connectivity index (χ4n) is 3.94. The molecule has 0 aromatic rings. The Labute approximate surface area is 273 Å². The van der Waals surface area contributed by atoms with Gasteiger partial charge in [0.25, 0.3) is 0 Å². The number of amides is 4. The number of hydrogen-bond acceptors (Lipinski definition) is 14. The van der Waals surface area contributed by atoms with Crippen LogP contribution in [0.15, 0.2) is 16.8 Å². The first-order valence-electron chi connectivity index (χ1n) is 14.0. The number of carbonyl (C=O) groups excluding carboxylic acids is 6. The number of ether oxygens (including phenoxy) is 7. The molecular weight excluding hydrogens is 682 g/mol. The average Bonchev–Trinajstić information content (AvgIpc) is 3.34. The van der Waals surface area contributed by atoms with Gasteiger partial charge in [-0.3, -0.25) is 15.4 Å². The largest absolute Gasteiger partial charge is 0.508 e. The van der Waals surface area contributed by atoms with Crippen LogP contribution in [0.25, 0.3) is 0 Å². The minimum atomic E-state index is -1.51. The van der Waals surface area contributed by atoms with Crippen LogP contribution in [-0.4, -0.2) is 109 Å². The number of halogens is 1. The number of methoxy groups -OCH3 is 1. The lowest BCUT2D eigenvalue weighted by Gasteiger charge is -2.39. The maximum atomic E-state index is 12.7. The van der Waals surface area contributed by atoms with Crippen molar-refractivity contribution in [2.45, 2.75) is 90.1 Å². The molecular formula is C27H40BrN5O13. The summed E-state index contributed by atoms with van der Waals surface area (Å²) in [6.45, 7) is 10.6. The van der Waals surface area contributed by atoms with Crippen molar-refractivity contribution in [3.63, 3.8) is 0 Å². The van der Waals surface area contributed by atoms with Gasteiger partial charge >= 0.3 is 30.4 Å². The van der Waals surface area contributed by atoms with Crippen molar-refractivity contribution in [2.24, 2.45) is 4.99 Å². The lowest BCUT2D eigenvalue weighted by Crippen LogP contribution is -2.61. The number of nitrogens with zero attached hydrogens (tertiary/aromatic N) is 1. The van der Waals surface area contributed by atoms with Crippen LogP contribution in [0.5, 0.6) is 0 Å². The number of esters is 1. The highest BCUT2D eigenvalue weighted by Crippen LogP contribution is 2.29. The van der Waals surface area contributed by atoms with Crippen molar-refractivity contribution in [1.82, 2.24) is 21.3 Å². The summed E-state index contributed by atoms with van der Waals surface area (Å²) in [6.07, 6.45) is -7.15. The molecule has 1 saturated heterocycles. The van der Waals surface area contributed by atoms with Crippen LogP contribution in [-0.2, 0) is 42.7 Å². The van der Waals surface area contributed by atoms with Gasteiger partial charge < -0.3 is 43.8 Å². The van der Waals surface area contributed by atoms with E-state index in [-0.39, 0.29) is 13.2 Å². The molecule has 4 N–H and O–H groups in total. The molecule has 46 heavy (non-hydrogen) atoms. The number of carbonyl (C=O) groups is 6. The van der Waals surface area contributed by atoms with Crippen LogP contribution in [0.1, 0.15) is 48.5 Å². The molecule has 0 unspecified atom stereocenters. The van der Waals surface area contributed by atoms with Gasteiger partial charge in [0.05, 0.1) is 19.2 Å². The summed E-state index contributed by atoms with van der Waals surface area (Å²) in [5.41, 5.74) is -1.88. The summed E-state index contributed by atoms with van der Waals surface area (Å²) >= 11 is 3.18. The fraction of sp³-hybridized carbons (Fsp3) is 0.667. The maximum Gasteiger partial charge on any atom is 0.508 e. The SMILES string of the molecule is COC(=O)C1=C[C@H](N=C(NC(=O)OC(C)(C)C)NC(=O)OC(C)(C)C)[C@@H](NC(C)=O)[C@H]([C@H](OC(=O)NCCBr)[C@H]2COC(=O)O2)O1. The molecule has 0 aromatic heterocycles. The molecule has 18 nitrogen and oxygen atoms in total. The molecule has 1 fully saturated rings. The smallest absolute Gasteiger partial charge is 0.477 e. The van der Waals surface area contributed by atoms with Crippen LogP contribution in [0, 0.1) is 0 Å². The molecule has 0 radical (unpaired) electrons. The average molecular weight is 723 g/mol. The summed E-state index contributed by atoms with van der Waals surface area (Å²) in [5, 5.41) is 10.1. The molecule has 2 heterocycles. The number of hydrogen-bond donors (Lipinski definition) is 4. The predicted molar refractivity (Wildman–Crippen MR) is 161 cm³/mol. The van der Waals surface area contributed by atoms with E-state index in [1.54, 1.807) is 41.5 Å². The first-order chi connectivity index (χ1) is 21.3. The highest BCUT2D eigenvalue weighted by Gasteiger charge is 2.50. The number of alkyl carbamates (subject to hydrolysis) is 3. The number of nitrogens with one attached hydrogen (secondary N) is 4. The molecule has 4 amide bonds. The number of guanidine groups is 1. The van der Waals surface area contributed by atoms with E-state index in [4.69, 9.17) is 33.2 Å². The van der Waals surface area contributed by atoms with E-state index in [1.807, 2.05) is 0 Å². The Hall–Kier alpha value is -4.29. The van der Waals surface area contributed by atoms with Gasteiger partial charge in [-0.25, -0.2) is 29.0 Å². The zero-order valence-electron chi connectivity index (χ0n) is 26.7. The quantitative estimate of drug-likeness (QED) is 0.0922. The summed E-state index contributed by atoms with van der Waals surface area (Å²) in [5.74, 6) is -2.56. The summed E-state index contributed by atoms with van der Waals surface area (Å²) in [4.78, 5) is 79.6. The van der Waals surface area contributed by atoms with E-state index in [0.29, 0.717) is 5.33 Å². The van der Waals surface area contributed by atoms with Gasteiger partial charge in [0.2, 0.25) is 17.6 Å². The Morgan fingerprint density at radius 1 is 1.00 bits per heavy atom. The van der Waals surface area contributed by atoms with Gasteiger partial charge in [0.1, 0.15) is 17.8 Å². The van der Waals surface area contributed by atoms with Crippen molar-refractivity contribution >= 4 is 58.2 Å². The Morgan fingerprint density at radius 3 is 2.04 bits per heavy atom. The zero-order chi connectivity index (χ0) is 34.8. The lowest BCUT2D eigenvalue weighted by atomic mass is 9.92. The minimum Gasteiger partial charge on any atom is -0.477 e. The first kappa shape index (κ1) is 37.9. The standard InChI is InChI=1S/C27H40BrN5O13/c1-13(34)30-17-14(31-21(32-23(37)45-26(2,3)4)33-24(38)46-27(5,6)7)11-15(20(35)40-8)42-19(17)18(16-12-41-25(39)43-16)44-22(36)29-10-9-28/h11,14,16-19H,9-10,12H2,1-8H3,(H,29,36)(H,30,34)(H2,31,32,33,37,38)/t14-,16+,17+,18+,19+/m0/s1. The van der Waals surface area contributed by atoms with Gasteiger partial charge in [0, 0.05) is 18.8 Å². The molecule has 2 aliphatic rings. The maximum absolute atomic E-state index is 12.7. The molecule has 0 aliphatic carbocycles. The summed E-state index contributed by atoms with van der Waals surface area (Å²) < 4.78 is 36.9. The normalized spacial score (nSPS) is 21.4. The summed E-state index contributed by atoms with van der Waals surface area (Å²) in [6, 6.07) is -2.64. The van der Waals surface area contributed by atoms with E-state index in [0.717, 1.165) is 13.2 Å². The molecule has 2 aliphatic heterocycles. The van der Waals surface area contributed by atoms with Gasteiger partial charge in [-0.1, -0.05) is 15.9 Å². The highest BCUT2D eigenvalue weighted by molar-refractivity contribution is 9.09. The predicted octanol–water partition coefficient (Wildman–Crippen LogP) is 1.75. The lowest BCUT2D eigenvalue weighted by molar-refractivity contribution is -0.147. The summed E-state index contributed by atoms with van der Waals surface area (Å²) in [7, 11) is 1.08. The first-order valence-corrected chi connectivity index (χ1v) is 15.1. The number of aliphatic imine (C=N–C) groups is 1. The van der Waals surface area contributed by atoms with Crippen molar-refractivity contribution < 1.29 is 61.9 Å². The fourth-order valence-corrected chi connectivity index (χ4v) is 4.14. The second kappa shape index (κ2) is 16.3. The molecule has 5 atom stereocenters. The number of rotatable bonds is 8. The second-order valence-electron chi connectivity index (χ2n) is 11.8. The topological polar surface area (TPSA) is 228 Å². The third kappa shape index (κ3) is 12.6. The van der Waals surface area contributed by atoms with E-state index < -0.39 is 89.6 Å². The van der Waals surface area contributed by atoms with Crippen molar-refractivity contribution in [2.75, 3.05) is 25.6 Å². The van der Waals surface area contributed by atoms with Crippen molar-refractivity contribution in [3.8, 4) is 0 Å². The molecule has 2 rings (SSSR count). The number of alkyl halides is 1. The van der Waals surface area contributed by atoms with Crippen LogP contribution >= 0.6 is 15.9 Å². The van der Waals surface area contributed by atoms with Crippen molar-refractivity contribution in [1.29, 1.82) is 0 Å². The highest BCUT2D eigenvalue weighted by atomic mass is 79.9. The molecule has 258 valence electrons.